The van der Waals surface area contributed by atoms with Crippen LogP contribution in [0.3, 0.4) is 0 Å². The Labute approximate surface area is 109 Å². The highest BCUT2D eigenvalue weighted by Gasteiger charge is 2.24. The highest BCUT2D eigenvalue weighted by Crippen LogP contribution is 2.23. The number of para-hydroxylation sites is 1. The smallest absolute Gasteiger partial charge is 0.101 e. The Kier molecular flexibility index (Phi) is 3.88. The van der Waals surface area contributed by atoms with Gasteiger partial charge in [-0.2, -0.15) is 5.26 Å². The summed E-state index contributed by atoms with van der Waals surface area (Å²) in [5, 5.41) is 12.8. The van der Waals surface area contributed by atoms with Crippen molar-refractivity contribution >= 4 is 5.69 Å². The number of rotatable bonds is 1. The van der Waals surface area contributed by atoms with Crippen LogP contribution in [0.5, 0.6) is 0 Å². The molecule has 1 aromatic rings. The largest absolute Gasteiger partial charge is 0.369 e. The van der Waals surface area contributed by atoms with Crippen molar-refractivity contribution in [1.82, 2.24) is 5.32 Å². The summed E-state index contributed by atoms with van der Waals surface area (Å²) in [5.74, 6) is 0. The average Bonchev–Trinajstić information content (AvgIpc) is 2.34. The molecule has 1 saturated heterocycles. The lowest BCUT2D eigenvalue weighted by atomic mass is 10.0. The first-order valence-electron chi connectivity index (χ1n) is 6.61. The maximum Gasteiger partial charge on any atom is 0.101 e. The molecule has 0 aromatic heterocycles. The normalized spacial score (nSPS) is 19.7. The number of hydrogen-bond donors (Lipinski definition) is 1. The summed E-state index contributed by atoms with van der Waals surface area (Å²) in [4.78, 5) is 2.34. The third kappa shape index (κ3) is 3.02. The fourth-order valence-electron chi connectivity index (χ4n) is 2.52. The predicted octanol–water partition coefficient (Wildman–Crippen LogP) is 2.53. The molecule has 3 heteroatoms. The molecule has 0 atom stereocenters. The molecule has 1 N–H and O–H groups in total. The van der Waals surface area contributed by atoms with Crippen molar-refractivity contribution in [3.05, 3.63) is 29.8 Å². The highest BCUT2D eigenvalue weighted by molar-refractivity contribution is 5.59. The van der Waals surface area contributed by atoms with Gasteiger partial charge in [0.2, 0.25) is 0 Å². The number of benzene rings is 1. The van der Waals surface area contributed by atoms with Gasteiger partial charge in [-0.1, -0.05) is 12.1 Å². The van der Waals surface area contributed by atoms with Gasteiger partial charge in [-0.3, -0.25) is 0 Å². The molecule has 1 fully saturated rings. The monoisotopic (exact) mass is 243 g/mol. The minimum absolute atomic E-state index is 0.0863. The van der Waals surface area contributed by atoms with E-state index >= 15 is 0 Å². The van der Waals surface area contributed by atoms with Gasteiger partial charge >= 0.3 is 0 Å². The van der Waals surface area contributed by atoms with E-state index in [1.165, 1.54) is 12.8 Å². The third-order valence-corrected chi connectivity index (χ3v) is 3.41. The van der Waals surface area contributed by atoms with Crippen molar-refractivity contribution in [3.63, 3.8) is 0 Å². The molecule has 0 unspecified atom stereocenters. The topological polar surface area (TPSA) is 39.1 Å². The summed E-state index contributed by atoms with van der Waals surface area (Å²) in [6.45, 7) is 7.50. The van der Waals surface area contributed by atoms with Gasteiger partial charge in [0, 0.05) is 18.6 Å². The standard InChI is InChI=1S/C15H21N3/c1-15(2)12-18(10-6-5-9-17-15)14-8-4-3-7-13(14)11-16/h3-4,7-8,17H,5-6,9-10,12H2,1-2H3. The Morgan fingerprint density at radius 1 is 1.28 bits per heavy atom. The van der Waals surface area contributed by atoms with E-state index < -0.39 is 0 Å². The van der Waals surface area contributed by atoms with E-state index in [0.717, 1.165) is 30.9 Å². The first-order chi connectivity index (χ1) is 8.62. The van der Waals surface area contributed by atoms with Crippen molar-refractivity contribution < 1.29 is 0 Å². The zero-order valence-electron chi connectivity index (χ0n) is 11.2. The van der Waals surface area contributed by atoms with Gasteiger partial charge in [-0.25, -0.2) is 0 Å². The summed E-state index contributed by atoms with van der Waals surface area (Å²) < 4.78 is 0. The summed E-state index contributed by atoms with van der Waals surface area (Å²) in [5.41, 5.74) is 1.92. The van der Waals surface area contributed by atoms with E-state index in [1.807, 2.05) is 18.2 Å². The number of nitrogens with one attached hydrogen (secondary N) is 1. The van der Waals surface area contributed by atoms with Gasteiger partial charge in [-0.05, 0) is 45.4 Å². The van der Waals surface area contributed by atoms with E-state index in [-0.39, 0.29) is 5.54 Å². The fourth-order valence-corrected chi connectivity index (χ4v) is 2.52. The van der Waals surface area contributed by atoms with E-state index in [9.17, 15) is 5.26 Å². The molecule has 1 aliphatic rings. The van der Waals surface area contributed by atoms with E-state index in [0.29, 0.717) is 0 Å². The summed E-state index contributed by atoms with van der Waals surface area (Å²) in [6, 6.07) is 10.2. The molecule has 0 aliphatic carbocycles. The molecule has 2 rings (SSSR count). The number of nitriles is 1. The van der Waals surface area contributed by atoms with Gasteiger partial charge in [0.1, 0.15) is 6.07 Å². The lowest BCUT2D eigenvalue weighted by Crippen LogP contribution is -2.51. The van der Waals surface area contributed by atoms with Crippen molar-refractivity contribution in [3.8, 4) is 6.07 Å². The summed E-state index contributed by atoms with van der Waals surface area (Å²) in [7, 11) is 0. The summed E-state index contributed by atoms with van der Waals surface area (Å²) in [6.07, 6.45) is 2.36. The Hall–Kier alpha value is -1.53. The molecule has 1 aliphatic heterocycles. The van der Waals surface area contributed by atoms with Crippen molar-refractivity contribution in [2.75, 3.05) is 24.5 Å². The second-order valence-corrected chi connectivity index (χ2v) is 5.57. The minimum Gasteiger partial charge on any atom is -0.369 e. The van der Waals surface area contributed by atoms with Crippen LogP contribution >= 0.6 is 0 Å². The van der Waals surface area contributed by atoms with Crippen LogP contribution in [-0.4, -0.2) is 25.2 Å². The zero-order valence-corrected chi connectivity index (χ0v) is 11.2. The van der Waals surface area contributed by atoms with Crippen LogP contribution in [0.25, 0.3) is 0 Å². The van der Waals surface area contributed by atoms with Crippen LogP contribution in [0.2, 0.25) is 0 Å². The second-order valence-electron chi connectivity index (χ2n) is 5.57. The number of nitrogens with zero attached hydrogens (tertiary/aromatic N) is 2. The molecule has 0 spiro atoms. The highest BCUT2D eigenvalue weighted by atomic mass is 15.2. The van der Waals surface area contributed by atoms with Crippen LogP contribution in [0.4, 0.5) is 5.69 Å². The lowest BCUT2D eigenvalue weighted by Gasteiger charge is -2.37. The molecular weight excluding hydrogens is 222 g/mol. The Morgan fingerprint density at radius 2 is 2.06 bits per heavy atom. The Bertz CT molecular complexity index is 445. The van der Waals surface area contributed by atoms with Gasteiger partial charge in [-0.15, -0.1) is 0 Å². The van der Waals surface area contributed by atoms with Crippen molar-refractivity contribution in [2.24, 2.45) is 0 Å². The molecule has 1 heterocycles. The number of hydrogen-bond acceptors (Lipinski definition) is 3. The lowest BCUT2D eigenvalue weighted by molar-refractivity contribution is 0.364. The van der Waals surface area contributed by atoms with E-state index in [1.54, 1.807) is 0 Å². The first-order valence-corrected chi connectivity index (χ1v) is 6.61. The molecule has 0 radical (unpaired) electrons. The van der Waals surface area contributed by atoms with Crippen LogP contribution in [-0.2, 0) is 0 Å². The molecular formula is C15H21N3. The van der Waals surface area contributed by atoms with E-state index in [4.69, 9.17) is 0 Å². The minimum atomic E-state index is 0.0863. The quantitative estimate of drug-likeness (QED) is 0.824. The number of anilines is 1. The maximum atomic E-state index is 9.21. The summed E-state index contributed by atoms with van der Waals surface area (Å²) >= 11 is 0. The fraction of sp³-hybridized carbons (Fsp3) is 0.533. The van der Waals surface area contributed by atoms with Crippen LogP contribution in [0.1, 0.15) is 32.3 Å². The van der Waals surface area contributed by atoms with Crippen LogP contribution in [0.15, 0.2) is 24.3 Å². The average molecular weight is 243 g/mol. The van der Waals surface area contributed by atoms with Crippen molar-refractivity contribution in [2.45, 2.75) is 32.2 Å². The van der Waals surface area contributed by atoms with E-state index in [2.05, 4.69) is 36.2 Å². The first kappa shape index (κ1) is 12.9. The molecule has 0 amide bonds. The SMILES string of the molecule is CC1(C)CN(c2ccccc2C#N)CCCCN1. The Balaban J connectivity index is 2.26. The Morgan fingerprint density at radius 3 is 2.83 bits per heavy atom. The molecule has 96 valence electrons. The van der Waals surface area contributed by atoms with Gasteiger partial charge in [0.25, 0.3) is 0 Å². The maximum absolute atomic E-state index is 9.21. The predicted molar refractivity (Wildman–Crippen MR) is 74.7 cm³/mol. The molecule has 1 aromatic carbocycles. The molecule has 0 bridgehead atoms. The van der Waals surface area contributed by atoms with Gasteiger partial charge in [0.05, 0.1) is 11.3 Å². The molecule has 3 nitrogen and oxygen atoms in total. The van der Waals surface area contributed by atoms with Crippen LogP contribution < -0.4 is 10.2 Å². The molecule has 0 saturated carbocycles. The van der Waals surface area contributed by atoms with Crippen LogP contribution in [0, 0.1) is 11.3 Å². The zero-order chi connectivity index (χ0) is 13.0. The van der Waals surface area contributed by atoms with Gasteiger partial charge in [0.15, 0.2) is 0 Å². The van der Waals surface area contributed by atoms with Crippen molar-refractivity contribution in [1.29, 1.82) is 5.26 Å². The second kappa shape index (κ2) is 5.41. The van der Waals surface area contributed by atoms with Gasteiger partial charge < -0.3 is 10.2 Å². The third-order valence-electron chi connectivity index (χ3n) is 3.41. The molecule has 18 heavy (non-hydrogen) atoms.